The minimum absolute atomic E-state index is 0.213. The Kier molecular flexibility index (Phi) is 5.55. The zero-order chi connectivity index (χ0) is 24.2. The van der Waals surface area contributed by atoms with E-state index in [-0.39, 0.29) is 11.5 Å². The molecule has 0 aromatic rings. The van der Waals surface area contributed by atoms with Gasteiger partial charge < -0.3 is 15.3 Å². The third kappa shape index (κ3) is 3.10. The molecule has 0 heterocycles. The second kappa shape index (κ2) is 7.45. The predicted molar refractivity (Wildman–Crippen MR) is 134 cm³/mol. The van der Waals surface area contributed by atoms with Crippen molar-refractivity contribution in [2.45, 2.75) is 130 Å². The van der Waals surface area contributed by atoms with Crippen LogP contribution in [0.5, 0.6) is 0 Å². The van der Waals surface area contributed by atoms with E-state index in [1.165, 1.54) is 44.9 Å². The molecule has 11 atom stereocenters. The minimum atomic E-state index is -1.06. The molecule has 5 fully saturated rings. The maximum atomic E-state index is 11.4. The first-order valence-corrected chi connectivity index (χ1v) is 14.3. The summed E-state index contributed by atoms with van der Waals surface area (Å²) in [4.78, 5) is 0. The first-order valence-electron chi connectivity index (χ1n) is 14.3. The SMILES string of the molecule is CC(CC[C@@H](O)C(C)(C)O)C1[C@@H](O)CC2[C@@H]3CCC4C(C)(C)CCCC45[C@@H](C)[C@@]35CC[C@]12C. The van der Waals surface area contributed by atoms with Gasteiger partial charge in [0.25, 0.3) is 0 Å². The molecule has 5 rings (SSSR count). The van der Waals surface area contributed by atoms with Crippen molar-refractivity contribution in [2.75, 3.05) is 0 Å². The number of hydrogen-bond acceptors (Lipinski definition) is 3. The fourth-order valence-corrected chi connectivity index (χ4v) is 11.7. The summed E-state index contributed by atoms with van der Waals surface area (Å²) in [5.74, 6) is 3.91. The van der Waals surface area contributed by atoms with E-state index in [4.69, 9.17) is 0 Å². The van der Waals surface area contributed by atoms with E-state index in [1.807, 2.05) is 0 Å². The summed E-state index contributed by atoms with van der Waals surface area (Å²) in [6, 6.07) is 0. The van der Waals surface area contributed by atoms with E-state index in [0.717, 1.165) is 30.6 Å². The first-order chi connectivity index (χ1) is 15.2. The van der Waals surface area contributed by atoms with Crippen LogP contribution in [0.3, 0.4) is 0 Å². The molecule has 0 aromatic carbocycles. The van der Waals surface area contributed by atoms with E-state index in [9.17, 15) is 15.3 Å². The highest BCUT2D eigenvalue weighted by Gasteiger charge is 2.83. The standard InChI is InChI=1S/C30H52O3/c1-18(9-12-24(32)27(5,6)33)25-22(31)17-21-20-10-11-23-26(3,4)13-8-14-30(23)19(2)29(20,30)16-15-28(21,25)7/h18-25,31-33H,8-17H2,1-7H3/t18?,19-,20-,21?,22-,23?,24+,25?,28-,29-,30?/m0/s1. The fourth-order valence-electron chi connectivity index (χ4n) is 11.7. The molecule has 5 aliphatic rings. The monoisotopic (exact) mass is 460 g/mol. The average Bonchev–Trinajstić information content (AvgIpc) is 3.10. The van der Waals surface area contributed by atoms with Crippen LogP contribution in [0.1, 0.15) is 113 Å². The molecule has 0 radical (unpaired) electrons. The summed E-state index contributed by atoms with van der Waals surface area (Å²) in [7, 11) is 0. The smallest absolute Gasteiger partial charge is 0.0849 e. The van der Waals surface area contributed by atoms with Crippen molar-refractivity contribution in [3.05, 3.63) is 0 Å². The Morgan fingerprint density at radius 2 is 1.64 bits per heavy atom. The molecule has 2 spiro atoms. The third-order valence-corrected chi connectivity index (χ3v) is 13.1. The molecular weight excluding hydrogens is 408 g/mol. The number of hydrogen-bond donors (Lipinski definition) is 3. The largest absolute Gasteiger partial charge is 0.393 e. The highest BCUT2D eigenvalue weighted by molar-refractivity contribution is 5.31. The van der Waals surface area contributed by atoms with Crippen LogP contribution in [-0.2, 0) is 0 Å². The Hall–Kier alpha value is -0.120. The molecule has 5 unspecified atom stereocenters. The van der Waals surface area contributed by atoms with Gasteiger partial charge in [0.2, 0.25) is 0 Å². The fraction of sp³-hybridized carbons (Fsp3) is 1.00. The van der Waals surface area contributed by atoms with Crippen LogP contribution in [0.15, 0.2) is 0 Å². The van der Waals surface area contributed by atoms with Gasteiger partial charge in [0.15, 0.2) is 0 Å². The van der Waals surface area contributed by atoms with Crippen LogP contribution in [0.25, 0.3) is 0 Å². The predicted octanol–water partition coefficient (Wildman–Crippen LogP) is 6.19. The van der Waals surface area contributed by atoms with Crippen molar-refractivity contribution in [3.8, 4) is 0 Å². The van der Waals surface area contributed by atoms with Gasteiger partial charge in [-0.25, -0.2) is 0 Å². The van der Waals surface area contributed by atoms with Crippen molar-refractivity contribution in [1.82, 2.24) is 0 Å². The van der Waals surface area contributed by atoms with Crippen molar-refractivity contribution < 1.29 is 15.3 Å². The van der Waals surface area contributed by atoms with E-state index in [1.54, 1.807) is 13.8 Å². The highest BCUT2D eigenvalue weighted by atomic mass is 16.3. The highest BCUT2D eigenvalue weighted by Crippen LogP contribution is 2.89. The van der Waals surface area contributed by atoms with Crippen LogP contribution >= 0.6 is 0 Å². The average molecular weight is 461 g/mol. The third-order valence-electron chi connectivity index (χ3n) is 13.1. The molecule has 190 valence electrons. The molecule has 3 N–H and O–H groups in total. The summed E-state index contributed by atoms with van der Waals surface area (Å²) in [6.45, 7) is 15.9. The molecule has 3 heteroatoms. The van der Waals surface area contributed by atoms with Crippen LogP contribution in [-0.4, -0.2) is 33.1 Å². The summed E-state index contributed by atoms with van der Waals surface area (Å²) >= 11 is 0. The molecule has 0 bridgehead atoms. The molecule has 0 saturated heterocycles. The van der Waals surface area contributed by atoms with Crippen LogP contribution in [0.2, 0.25) is 0 Å². The normalized spacial score (nSPS) is 52.2. The zero-order valence-corrected chi connectivity index (χ0v) is 22.5. The van der Waals surface area contributed by atoms with E-state index < -0.39 is 11.7 Å². The van der Waals surface area contributed by atoms with Crippen LogP contribution in [0.4, 0.5) is 0 Å². The number of aliphatic hydroxyl groups is 3. The van der Waals surface area contributed by atoms with Gasteiger partial charge in [0.05, 0.1) is 17.8 Å². The summed E-state index contributed by atoms with van der Waals surface area (Å²) < 4.78 is 0. The van der Waals surface area contributed by atoms with Crippen molar-refractivity contribution in [2.24, 2.45) is 57.2 Å². The lowest BCUT2D eigenvalue weighted by atomic mass is 9.46. The van der Waals surface area contributed by atoms with Gasteiger partial charge in [-0.15, -0.1) is 0 Å². The van der Waals surface area contributed by atoms with Gasteiger partial charge in [0, 0.05) is 0 Å². The molecule has 0 aliphatic heterocycles. The second-order valence-corrected chi connectivity index (χ2v) is 15.0. The molecular formula is C30H52O3. The Bertz CT molecular complexity index is 769. The van der Waals surface area contributed by atoms with Crippen LogP contribution < -0.4 is 0 Å². The van der Waals surface area contributed by atoms with Crippen molar-refractivity contribution in [3.63, 3.8) is 0 Å². The molecule has 5 aliphatic carbocycles. The van der Waals surface area contributed by atoms with E-state index in [2.05, 4.69) is 34.6 Å². The molecule has 3 nitrogen and oxygen atoms in total. The maximum Gasteiger partial charge on any atom is 0.0849 e. The van der Waals surface area contributed by atoms with Gasteiger partial charge in [-0.05, 0) is 129 Å². The number of fused-ring (bicyclic) bond motifs is 2. The Balaban J connectivity index is 1.38. The Morgan fingerprint density at radius 3 is 2.30 bits per heavy atom. The number of rotatable bonds is 5. The first kappa shape index (κ1) is 24.6. The van der Waals surface area contributed by atoms with Gasteiger partial charge in [-0.1, -0.05) is 41.0 Å². The summed E-state index contributed by atoms with van der Waals surface area (Å²) in [5, 5.41) is 32.0. The van der Waals surface area contributed by atoms with Gasteiger partial charge in [-0.3, -0.25) is 0 Å². The van der Waals surface area contributed by atoms with Gasteiger partial charge in [0.1, 0.15) is 0 Å². The quantitative estimate of drug-likeness (QED) is 0.458. The van der Waals surface area contributed by atoms with Gasteiger partial charge in [-0.2, -0.15) is 0 Å². The topological polar surface area (TPSA) is 60.7 Å². The summed E-state index contributed by atoms with van der Waals surface area (Å²) in [5.41, 5.74) is 0.794. The Labute approximate surface area is 203 Å². The lowest BCUT2D eigenvalue weighted by Gasteiger charge is -2.58. The second-order valence-electron chi connectivity index (χ2n) is 15.0. The molecule has 0 amide bonds. The lowest BCUT2D eigenvalue weighted by molar-refractivity contribution is -0.0996. The Morgan fingerprint density at radius 1 is 0.939 bits per heavy atom. The summed E-state index contributed by atoms with van der Waals surface area (Å²) in [6.07, 6.45) is 11.3. The van der Waals surface area contributed by atoms with E-state index >= 15 is 0 Å². The van der Waals surface area contributed by atoms with Crippen LogP contribution in [0, 0.1) is 57.2 Å². The molecule has 33 heavy (non-hydrogen) atoms. The van der Waals surface area contributed by atoms with E-state index in [0.29, 0.717) is 40.4 Å². The van der Waals surface area contributed by atoms with Crippen molar-refractivity contribution in [1.29, 1.82) is 0 Å². The lowest BCUT2D eigenvalue weighted by Crippen LogP contribution is -2.51. The molecule has 0 aromatic heterocycles. The van der Waals surface area contributed by atoms with Crippen molar-refractivity contribution >= 4 is 0 Å². The molecule has 5 saturated carbocycles. The maximum absolute atomic E-state index is 11.4. The number of aliphatic hydroxyl groups excluding tert-OH is 2. The van der Waals surface area contributed by atoms with Gasteiger partial charge >= 0.3 is 0 Å². The minimum Gasteiger partial charge on any atom is -0.393 e. The zero-order valence-electron chi connectivity index (χ0n) is 22.5.